The van der Waals surface area contributed by atoms with E-state index in [0.717, 1.165) is 11.4 Å². The smallest absolute Gasteiger partial charge is 0.195 e. The molecule has 1 fully saturated rings. The number of benzene rings is 1. The number of hydrogen-bond donors (Lipinski definition) is 1. The van der Waals surface area contributed by atoms with E-state index in [1.807, 2.05) is 18.4 Å². The molecule has 0 unspecified atom stereocenters. The zero-order valence-corrected chi connectivity index (χ0v) is 16.7. The van der Waals surface area contributed by atoms with Gasteiger partial charge in [0.15, 0.2) is 16.4 Å². The lowest BCUT2D eigenvalue weighted by molar-refractivity contribution is -0.258. The summed E-state index contributed by atoms with van der Waals surface area (Å²) < 4.78 is 14.3. The predicted molar refractivity (Wildman–Crippen MR) is 101 cm³/mol. The maximum atomic E-state index is 5.83. The van der Waals surface area contributed by atoms with Crippen molar-refractivity contribution in [2.24, 2.45) is 0 Å². The second-order valence-electron chi connectivity index (χ2n) is 7.58. The topological polar surface area (TPSA) is 52.1 Å². The molecule has 5 nitrogen and oxygen atoms in total. The van der Waals surface area contributed by atoms with Crippen LogP contribution in [-0.2, 0) is 9.47 Å². The number of nitrogens with zero attached hydrogens (tertiary/aromatic N) is 2. The average Bonchev–Trinajstić information content (AvgIpc) is 2.89. The van der Waals surface area contributed by atoms with E-state index in [9.17, 15) is 0 Å². The molecule has 1 aromatic heterocycles. The van der Waals surface area contributed by atoms with Crippen LogP contribution in [-0.4, -0.2) is 33.8 Å². The summed E-state index contributed by atoms with van der Waals surface area (Å²) in [5.41, 5.74) is 4.93. The molecule has 0 atom stereocenters. The molecule has 3 rings (SSSR count). The van der Waals surface area contributed by atoms with Gasteiger partial charge in [-0.25, -0.2) is 0 Å². The minimum Gasteiger partial charge on any atom is -0.348 e. The van der Waals surface area contributed by atoms with Crippen molar-refractivity contribution in [3.05, 3.63) is 33.6 Å². The highest BCUT2D eigenvalue weighted by atomic mass is 32.1. The molecular weight excluding hydrogens is 334 g/mol. The molecule has 0 spiro atoms. The largest absolute Gasteiger partial charge is 0.348 e. The molecule has 0 bridgehead atoms. The first-order valence-electron chi connectivity index (χ1n) is 8.76. The van der Waals surface area contributed by atoms with Crippen LogP contribution in [0.5, 0.6) is 0 Å². The Hall–Kier alpha value is -1.50. The Morgan fingerprint density at radius 3 is 2.44 bits per heavy atom. The van der Waals surface area contributed by atoms with E-state index < -0.39 is 5.79 Å². The Labute approximate surface area is 154 Å². The summed E-state index contributed by atoms with van der Waals surface area (Å²) in [6.07, 6.45) is 0. The molecule has 6 heteroatoms. The molecule has 0 radical (unpaired) electrons. The summed E-state index contributed by atoms with van der Waals surface area (Å²) >= 11 is 5.50. The summed E-state index contributed by atoms with van der Waals surface area (Å²) in [4.78, 5) is 0. The maximum absolute atomic E-state index is 5.83. The second kappa shape index (κ2) is 6.67. The van der Waals surface area contributed by atoms with E-state index in [4.69, 9.17) is 21.7 Å². The Morgan fingerprint density at radius 2 is 1.84 bits per heavy atom. The van der Waals surface area contributed by atoms with Gasteiger partial charge in [0.2, 0.25) is 0 Å². The quantitative estimate of drug-likeness (QED) is 0.807. The molecule has 0 saturated carbocycles. The van der Waals surface area contributed by atoms with Gasteiger partial charge in [0.05, 0.1) is 19.3 Å². The van der Waals surface area contributed by atoms with E-state index in [1.54, 1.807) is 0 Å². The molecular formula is C19H27N3O2S. The first-order chi connectivity index (χ1) is 11.7. The summed E-state index contributed by atoms with van der Waals surface area (Å²) in [7, 11) is 0. The SMILES string of the molecule is Cc1cc(C)c(C(C)C)cc1-c1n[nH]c(=S)n1C1COC(C)(C)OC1. The van der Waals surface area contributed by atoms with Crippen LogP contribution in [0.25, 0.3) is 11.4 Å². The summed E-state index contributed by atoms with van der Waals surface area (Å²) in [6.45, 7) is 13.7. The summed E-state index contributed by atoms with van der Waals surface area (Å²) in [6, 6.07) is 4.48. The number of aryl methyl sites for hydroxylation is 2. The van der Waals surface area contributed by atoms with Crippen molar-refractivity contribution in [2.75, 3.05) is 13.2 Å². The first kappa shape index (κ1) is 18.3. The van der Waals surface area contributed by atoms with Crippen molar-refractivity contribution in [2.45, 2.75) is 59.3 Å². The van der Waals surface area contributed by atoms with Gasteiger partial charge in [-0.3, -0.25) is 9.67 Å². The maximum Gasteiger partial charge on any atom is 0.195 e. The molecule has 2 aromatic rings. The second-order valence-corrected chi connectivity index (χ2v) is 7.96. The lowest BCUT2D eigenvalue weighted by Gasteiger charge is -2.35. The van der Waals surface area contributed by atoms with Gasteiger partial charge in [-0.15, -0.1) is 0 Å². The average molecular weight is 362 g/mol. The van der Waals surface area contributed by atoms with Crippen molar-refractivity contribution in [3.63, 3.8) is 0 Å². The molecule has 136 valence electrons. The van der Waals surface area contributed by atoms with Crippen LogP contribution in [0.4, 0.5) is 0 Å². The van der Waals surface area contributed by atoms with Crippen LogP contribution < -0.4 is 0 Å². The Kier molecular flexibility index (Phi) is 4.88. The lowest BCUT2D eigenvalue weighted by atomic mass is 9.92. The number of hydrogen-bond acceptors (Lipinski definition) is 4. The molecule has 0 aliphatic carbocycles. The number of aromatic amines is 1. The molecule has 1 aliphatic rings. The summed E-state index contributed by atoms with van der Waals surface area (Å²) in [5, 5.41) is 7.47. The number of aromatic nitrogens is 3. The number of ether oxygens (including phenoxy) is 2. The van der Waals surface area contributed by atoms with Crippen molar-refractivity contribution in [3.8, 4) is 11.4 Å². The fourth-order valence-corrected chi connectivity index (χ4v) is 3.68. The van der Waals surface area contributed by atoms with Gasteiger partial charge in [0.25, 0.3) is 0 Å². The molecule has 1 aliphatic heterocycles. The molecule has 0 amide bonds. The highest BCUT2D eigenvalue weighted by molar-refractivity contribution is 7.71. The highest BCUT2D eigenvalue weighted by Gasteiger charge is 2.31. The van der Waals surface area contributed by atoms with Gasteiger partial charge in [-0.1, -0.05) is 19.9 Å². The zero-order chi connectivity index (χ0) is 18.4. The van der Waals surface area contributed by atoms with Gasteiger partial charge in [0.1, 0.15) is 0 Å². The number of nitrogens with one attached hydrogen (secondary N) is 1. The van der Waals surface area contributed by atoms with Gasteiger partial charge >= 0.3 is 0 Å². The third kappa shape index (κ3) is 3.57. The van der Waals surface area contributed by atoms with Crippen molar-refractivity contribution in [1.29, 1.82) is 0 Å². The van der Waals surface area contributed by atoms with Crippen LogP contribution in [0.2, 0.25) is 0 Å². The van der Waals surface area contributed by atoms with E-state index in [-0.39, 0.29) is 6.04 Å². The van der Waals surface area contributed by atoms with E-state index >= 15 is 0 Å². The lowest BCUT2D eigenvalue weighted by Crippen LogP contribution is -2.40. The monoisotopic (exact) mass is 361 g/mol. The zero-order valence-electron chi connectivity index (χ0n) is 15.8. The van der Waals surface area contributed by atoms with Crippen LogP contribution in [0.15, 0.2) is 12.1 Å². The number of H-pyrrole nitrogens is 1. The van der Waals surface area contributed by atoms with Crippen molar-refractivity contribution in [1.82, 2.24) is 14.8 Å². The Bertz CT molecular complexity index is 826. The fraction of sp³-hybridized carbons (Fsp3) is 0.579. The van der Waals surface area contributed by atoms with Gasteiger partial charge in [-0.2, -0.15) is 5.10 Å². The van der Waals surface area contributed by atoms with Gasteiger partial charge in [0, 0.05) is 5.56 Å². The standard InChI is InChI=1S/C19H27N3O2S/c1-11(2)15-8-16(13(4)7-12(15)3)17-20-21-18(25)22(17)14-9-23-19(5,6)24-10-14/h7-8,11,14H,9-10H2,1-6H3,(H,21,25). The predicted octanol–water partition coefficient (Wildman–Crippen LogP) is 4.67. The molecule has 25 heavy (non-hydrogen) atoms. The Balaban J connectivity index is 2.06. The summed E-state index contributed by atoms with van der Waals surface area (Å²) in [5.74, 6) is 0.755. The van der Waals surface area contributed by atoms with Crippen LogP contribution in [0, 0.1) is 18.6 Å². The van der Waals surface area contributed by atoms with Crippen molar-refractivity contribution >= 4 is 12.2 Å². The minimum absolute atomic E-state index is 0.0116. The van der Waals surface area contributed by atoms with E-state index in [1.165, 1.54) is 16.7 Å². The van der Waals surface area contributed by atoms with Crippen LogP contribution in [0.1, 0.15) is 56.3 Å². The third-order valence-electron chi connectivity index (χ3n) is 4.79. The fourth-order valence-electron chi connectivity index (χ4n) is 3.40. The Morgan fingerprint density at radius 1 is 1.20 bits per heavy atom. The van der Waals surface area contributed by atoms with Gasteiger partial charge in [-0.05, 0) is 68.6 Å². The van der Waals surface area contributed by atoms with Crippen LogP contribution in [0.3, 0.4) is 0 Å². The van der Waals surface area contributed by atoms with E-state index in [2.05, 4.69) is 50.0 Å². The van der Waals surface area contributed by atoms with E-state index in [0.29, 0.717) is 23.9 Å². The first-order valence-corrected chi connectivity index (χ1v) is 9.17. The van der Waals surface area contributed by atoms with Crippen LogP contribution >= 0.6 is 12.2 Å². The molecule has 1 saturated heterocycles. The molecule has 1 aromatic carbocycles. The minimum atomic E-state index is -0.548. The number of rotatable bonds is 3. The van der Waals surface area contributed by atoms with Crippen molar-refractivity contribution < 1.29 is 9.47 Å². The molecule has 2 heterocycles. The highest BCUT2D eigenvalue weighted by Crippen LogP contribution is 2.32. The third-order valence-corrected chi connectivity index (χ3v) is 5.08. The normalized spacial score (nSPS) is 18.0. The molecule has 1 N–H and O–H groups in total. The van der Waals surface area contributed by atoms with Gasteiger partial charge < -0.3 is 9.47 Å².